The smallest absolute Gasteiger partial charge is 0.323 e. The van der Waals surface area contributed by atoms with Gasteiger partial charge in [-0.3, -0.25) is 14.4 Å². The van der Waals surface area contributed by atoms with Gasteiger partial charge in [0.2, 0.25) is 0 Å². The van der Waals surface area contributed by atoms with Crippen LogP contribution in [0.1, 0.15) is 17.2 Å². The van der Waals surface area contributed by atoms with Gasteiger partial charge in [-0.15, -0.1) is 0 Å². The van der Waals surface area contributed by atoms with Crippen LogP contribution in [0, 0.1) is 5.82 Å². The molecular formula is C19H13ClFNO5. The summed E-state index contributed by atoms with van der Waals surface area (Å²) in [7, 11) is 0. The van der Waals surface area contributed by atoms with Crippen molar-refractivity contribution < 1.29 is 29.0 Å². The van der Waals surface area contributed by atoms with Crippen LogP contribution in [-0.4, -0.2) is 39.3 Å². The molecule has 2 aromatic carbocycles. The molecule has 0 radical (unpaired) electrons. The van der Waals surface area contributed by atoms with Crippen molar-refractivity contribution in [2.75, 3.05) is 6.54 Å². The van der Waals surface area contributed by atoms with Gasteiger partial charge < -0.3 is 15.1 Å². The first-order valence-corrected chi connectivity index (χ1v) is 8.19. The molecule has 27 heavy (non-hydrogen) atoms. The van der Waals surface area contributed by atoms with E-state index >= 15 is 0 Å². The maximum Gasteiger partial charge on any atom is 0.323 e. The van der Waals surface area contributed by atoms with Gasteiger partial charge in [0.1, 0.15) is 18.1 Å². The Balaban J connectivity index is 2.19. The van der Waals surface area contributed by atoms with Gasteiger partial charge in [0, 0.05) is 10.6 Å². The van der Waals surface area contributed by atoms with E-state index in [2.05, 4.69) is 0 Å². The molecule has 1 atom stereocenters. The van der Waals surface area contributed by atoms with Gasteiger partial charge in [-0.25, -0.2) is 4.39 Å². The minimum Gasteiger partial charge on any atom is -0.507 e. The number of halogens is 2. The van der Waals surface area contributed by atoms with E-state index in [1.807, 2.05) is 0 Å². The number of carboxylic acid groups (broad SMARTS) is 1. The molecule has 0 aromatic heterocycles. The van der Waals surface area contributed by atoms with Crippen LogP contribution in [0.4, 0.5) is 4.39 Å². The van der Waals surface area contributed by atoms with Crippen molar-refractivity contribution in [1.82, 2.24) is 4.90 Å². The molecule has 1 fully saturated rings. The molecule has 2 N–H and O–H groups in total. The molecule has 1 saturated heterocycles. The Morgan fingerprint density at radius 1 is 1.04 bits per heavy atom. The first-order chi connectivity index (χ1) is 12.8. The lowest BCUT2D eigenvalue weighted by molar-refractivity contribution is -0.146. The zero-order valence-electron chi connectivity index (χ0n) is 13.7. The Labute approximate surface area is 158 Å². The third-order valence-electron chi connectivity index (χ3n) is 4.15. The molecule has 1 aliphatic rings. The lowest BCUT2D eigenvalue weighted by Gasteiger charge is -2.23. The number of amides is 1. The molecular weight excluding hydrogens is 377 g/mol. The number of hydrogen-bond donors (Lipinski definition) is 2. The van der Waals surface area contributed by atoms with E-state index in [1.165, 1.54) is 36.4 Å². The third-order valence-corrected chi connectivity index (χ3v) is 4.40. The SMILES string of the molecule is O=C(O)CN1C(=O)C(=O)/C(=C(/O)c2ccc(Cl)cc2)[C@H]1c1ccc(F)cc1. The predicted molar refractivity (Wildman–Crippen MR) is 94.5 cm³/mol. The maximum absolute atomic E-state index is 13.3. The number of aliphatic hydroxyl groups excluding tert-OH is 1. The van der Waals surface area contributed by atoms with Gasteiger partial charge in [-0.2, -0.15) is 0 Å². The number of benzene rings is 2. The lowest BCUT2D eigenvalue weighted by atomic mass is 9.95. The quantitative estimate of drug-likeness (QED) is 0.476. The number of carboxylic acids is 1. The summed E-state index contributed by atoms with van der Waals surface area (Å²) in [6.45, 7) is -0.746. The van der Waals surface area contributed by atoms with E-state index in [1.54, 1.807) is 0 Å². The van der Waals surface area contributed by atoms with Crippen LogP contribution in [0.25, 0.3) is 5.76 Å². The highest BCUT2D eigenvalue weighted by Gasteiger charge is 2.46. The number of carbonyl (C=O) groups excluding carboxylic acids is 2. The number of carbonyl (C=O) groups is 3. The van der Waals surface area contributed by atoms with Gasteiger partial charge in [0.25, 0.3) is 11.7 Å². The molecule has 1 heterocycles. The predicted octanol–water partition coefficient (Wildman–Crippen LogP) is 2.99. The second-order valence-corrected chi connectivity index (χ2v) is 6.32. The van der Waals surface area contributed by atoms with Crippen molar-refractivity contribution in [2.45, 2.75) is 6.04 Å². The first kappa shape index (κ1) is 18.6. The second kappa shape index (κ2) is 7.20. The van der Waals surface area contributed by atoms with Crippen molar-refractivity contribution in [3.63, 3.8) is 0 Å². The number of Topliss-reactive ketones (excluding diaryl/α,β-unsaturated/α-hetero) is 1. The van der Waals surface area contributed by atoms with Crippen molar-refractivity contribution in [2.24, 2.45) is 0 Å². The monoisotopic (exact) mass is 389 g/mol. The number of aliphatic hydroxyl groups is 1. The van der Waals surface area contributed by atoms with Crippen molar-refractivity contribution >= 4 is 35.0 Å². The molecule has 0 bridgehead atoms. The highest BCUT2D eigenvalue weighted by Crippen LogP contribution is 2.39. The fourth-order valence-corrected chi connectivity index (χ4v) is 3.07. The molecule has 138 valence electrons. The zero-order valence-corrected chi connectivity index (χ0v) is 14.5. The Morgan fingerprint density at radius 3 is 2.19 bits per heavy atom. The second-order valence-electron chi connectivity index (χ2n) is 5.88. The third kappa shape index (κ3) is 3.54. The molecule has 0 aliphatic carbocycles. The molecule has 0 unspecified atom stereocenters. The summed E-state index contributed by atoms with van der Waals surface area (Å²) in [5.41, 5.74) is 0.266. The fourth-order valence-electron chi connectivity index (χ4n) is 2.94. The molecule has 2 aromatic rings. The van der Waals surface area contributed by atoms with Crippen molar-refractivity contribution in [1.29, 1.82) is 0 Å². The molecule has 1 aliphatic heterocycles. The largest absolute Gasteiger partial charge is 0.507 e. The topological polar surface area (TPSA) is 94.9 Å². The Hall–Kier alpha value is -3.19. The minimum absolute atomic E-state index is 0.236. The Kier molecular flexibility index (Phi) is 4.96. The number of rotatable bonds is 4. The standard InChI is InChI=1S/C19H13ClFNO5/c20-12-5-1-11(2-6-12)17(25)15-16(10-3-7-13(21)8-4-10)22(9-14(23)24)19(27)18(15)26/h1-8,16,25H,9H2,(H,23,24)/b17-15+/t16-/m1/s1. The Bertz CT molecular complexity index is 953. The molecule has 0 spiro atoms. The van der Waals surface area contributed by atoms with Crippen molar-refractivity contribution in [3.8, 4) is 0 Å². The summed E-state index contributed by atoms with van der Waals surface area (Å²) < 4.78 is 13.3. The van der Waals surface area contributed by atoms with Gasteiger partial charge in [-0.1, -0.05) is 23.7 Å². The number of hydrogen-bond acceptors (Lipinski definition) is 4. The van der Waals surface area contributed by atoms with Gasteiger partial charge in [0.15, 0.2) is 0 Å². The van der Waals surface area contributed by atoms with Crippen LogP contribution >= 0.6 is 11.6 Å². The Morgan fingerprint density at radius 2 is 1.63 bits per heavy atom. The summed E-state index contributed by atoms with van der Waals surface area (Å²) in [4.78, 5) is 36.9. The number of nitrogens with zero attached hydrogens (tertiary/aromatic N) is 1. The highest BCUT2D eigenvalue weighted by molar-refractivity contribution is 6.46. The highest BCUT2D eigenvalue weighted by atomic mass is 35.5. The molecule has 0 saturated carbocycles. The molecule has 1 amide bonds. The average Bonchev–Trinajstić information content (AvgIpc) is 2.87. The number of ketones is 1. The van der Waals surface area contributed by atoms with E-state index in [-0.39, 0.29) is 11.1 Å². The summed E-state index contributed by atoms with van der Waals surface area (Å²) in [6, 6.07) is 9.67. The zero-order chi connectivity index (χ0) is 19.7. The summed E-state index contributed by atoms with van der Waals surface area (Å²) in [5, 5.41) is 20.2. The van der Waals surface area contributed by atoms with Crippen LogP contribution in [0.2, 0.25) is 5.02 Å². The average molecular weight is 390 g/mol. The van der Waals surface area contributed by atoms with Gasteiger partial charge >= 0.3 is 5.97 Å². The van der Waals surface area contributed by atoms with Crippen LogP contribution in [0.3, 0.4) is 0 Å². The molecule has 6 nitrogen and oxygen atoms in total. The van der Waals surface area contributed by atoms with Crippen molar-refractivity contribution in [3.05, 3.63) is 76.1 Å². The fraction of sp³-hybridized carbons (Fsp3) is 0.105. The summed E-state index contributed by atoms with van der Waals surface area (Å²) in [6.07, 6.45) is 0. The number of likely N-dealkylation sites (tertiary alicyclic amines) is 1. The molecule has 3 rings (SSSR count). The first-order valence-electron chi connectivity index (χ1n) is 7.81. The van der Waals surface area contributed by atoms with Crippen LogP contribution in [0.15, 0.2) is 54.1 Å². The van der Waals surface area contributed by atoms with E-state index < -0.39 is 41.8 Å². The van der Waals surface area contributed by atoms with E-state index in [0.29, 0.717) is 10.6 Å². The van der Waals surface area contributed by atoms with Crippen LogP contribution in [0.5, 0.6) is 0 Å². The van der Waals surface area contributed by atoms with Crippen LogP contribution < -0.4 is 0 Å². The van der Waals surface area contributed by atoms with E-state index in [9.17, 15) is 23.9 Å². The maximum atomic E-state index is 13.3. The van der Waals surface area contributed by atoms with Gasteiger partial charge in [-0.05, 0) is 42.0 Å². The minimum atomic E-state index is -1.32. The van der Waals surface area contributed by atoms with E-state index in [0.717, 1.165) is 17.0 Å². The van der Waals surface area contributed by atoms with E-state index in [4.69, 9.17) is 16.7 Å². The normalized spacial score (nSPS) is 18.7. The number of aliphatic carboxylic acids is 1. The van der Waals surface area contributed by atoms with Gasteiger partial charge in [0.05, 0.1) is 11.6 Å². The molecule has 8 heteroatoms. The summed E-state index contributed by atoms with van der Waals surface area (Å²) in [5.74, 6) is -4.39. The summed E-state index contributed by atoms with van der Waals surface area (Å²) >= 11 is 5.82. The van der Waals surface area contributed by atoms with Crippen LogP contribution in [-0.2, 0) is 14.4 Å². The lowest BCUT2D eigenvalue weighted by Crippen LogP contribution is -2.34.